The fourth-order valence-electron chi connectivity index (χ4n) is 2.74. The molecule has 28 heavy (non-hydrogen) atoms. The normalized spacial score (nSPS) is 17.8. The lowest BCUT2D eigenvalue weighted by atomic mass is 10.2. The summed E-state index contributed by atoms with van der Waals surface area (Å²) in [6.07, 6.45) is 0. The van der Waals surface area contributed by atoms with Crippen molar-refractivity contribution in [2.75, 3.05) is 16.8 Å². The molecule has 1 unspecified atom stereocenters. The van der Waals surface area contributed by atoms with Gasteiger partial charge in [-0.1, -0.05) is 30.0 Å². The molecule has 0 saturated carbocycles. The highest BCUT2D eigenvalue weighted by atomic mass is 32.2. The van der Waals surface area contributed by atoms with E-state index in [1.165, 1.54) is 16.7 Å². The van der Waals surface area contributed by atoms with Crippen LogP contribution in [0.1, 0.15) is 13.8 Å². The number of ether oxygens (including phenoxy) is 1. The van der Waals surface area contributed by atoms with Crippen LogP contribution in [0.5, 0.6) is 5.75 Å². The molecule has 1 aliphatic heterocycles. The number of hydrogen-bond donors (Lipinski definition) is 1. The van der Waals surface area contributed by atoms with E-state index < -0.39 is 11.2 Å². The minimum absolute atomic E-state index is 0.0968. The molecular weight excluding hydrogens is 374 g/mol. The van der Waals surface area contributed by atoms with E-state index in [1.54, 1.807) is 55.5 Å². The van der Waals surface area contributed by atoms with Crippen LogP contribution in [0.4, 0.5) is 11.4 Å². The highest BCUT2D eigenvalue weighted by Gasteiger charge is 2.38. The molecule has 3 rings (SSSR count). The quantitative estimate of drug-likeness (QED) is 0.615. The molecule has 2 aromatic carbocycles. The Balaban J connectivity index is 1.96. The van der Waals surface area contributed by atoms with Crippen LogP contribution in [0, 0.1) is 11.3 Å². The molecule has 2 amide bonds. The Morgan fingerprint density at radius 2 is 1.89 bits per heavy atom. The molecule has 1 aliphatic rings. The van der Waals surface area contributed by atoms with Crippen molar-refractivity contribution in [3.8, 4) is 11.8 Å². The van der Waals surface area contributed by atoms with E-state index in [0.717, 1.165) is 0 Å². The molecule has 0 aromatic heterocycles. The Bertz CT molecular complexity index is 949. The molecule has 0 spiro atoms. The van der Waals surface area contributed by atoms with Crippen molar-refractivity contribution in [3.63, 3.8) is 0 Å². The van der Waals surface area contributed by atoms with Crippen LogP contribution in [0.15, 0.2) is 65.2 Å². The van der Waals surface area contributed by atoms with Crippen LogP contribution in [0.3, 0.4) is 0 Å². The number of amides is 2. The molecule has 0 bridgehead atoms. The van der Waals surface area contributed by atoms with E-state index in [0.29, 0.717) is 28.8 Å². The van der Waals surface area contributed by atoms with Gasteiger partial charge in [-0.25, -0.2) is 0 Å². The first kappa shape index (κ1) is 19.5. The zero-order chi connectivity index (χ0) is 20.1. The number of rotatable bonds is 5. The summed E-state index contributed by atoms with van der Waals surface area (Å²) >= 11 is 1.20. The molecular formula is C21H19N3O3S. The van der Waals surface area contributed by atoms with Crippen LogP contribution < -0.4 is 15.0 Å². The molecule has 1 heterocycles. The van der Waals surface area contributed by atoms with Gasteiger partial charge in [-0.15, -0.1) is 0 Å². The molecule has 1 atom stereocenters. The van der Waals surface area contributed by atoms with Crippen molar-refractivity contribution in [2.45, 2.75) is 19.1 Å². The molecule has 1 fully saturated rings. The van der Waals surface area contributed by atoms with Gasteiger partial charge < -0.3 is 10.1 Å². The van der Waals surface area contributed by atoms with Crippen LogP contribution >= 0.6 is 11.8 Å². The van der Waals surface area contributed by atoms with Crippen molar-refractivity contribution in [1.82, 2.24) is 0 Å². The minimum atomic E-state index is -0.547. The number of nitrogens with one attached hydrogen (secondary N) is 1. The fraction of sp³-hybridized carbons (Fsp3) is 0.190. The number of carbonyl (C=O) groups excluding carboxylic acids is 2. The summed E-state index contributed by atoms with van der Waals surface area (Å²) in [6, 6.07) is 17.8. The summed E-state index contributed by atoms with van der Waals surface area (Å²) in [6.45, 7) is 4.19. The Morgan fingerprint density at radius 1 is 1.21 bits per heavy atom. The number of thioether (sulfide) groups is 1. The Hall–Kier alpha value is -3.24. The summed E-state index contributed by atoms with van der Waals surface area (Å²) < 4.78 is 5.43. The van der Waals surface area contributed by atoms with Gasteiger partial charge >= 0.3 is 0 Å². The van der Waals surface area contributed by atoms with Gasteiger partial charge in [-0.05, 0) is 50.2 Å². The Morgan fingerprint density at radius 3 is 2.50 bits per heavy atom. The highest BCUT2D eigenvalue weighted by Crippen LogP contribution is 2.40. The lowest BCUT2D eigenvalue weighted by Crippen LogP contribution is -2.29. The van der Waals surface area contributed by atoms with E-state index in [-0.39, 0.29) is 11.5 Å². The predicted molar refractivity (Wildman–Crippen MR) is 110 cm³/mol. The topological polar surface area (TPSA) is 82.4 Å². The maximum Gasteiger partial charge on any atom is 0.269 e. The smallest absolute Gasteiger partial charge is 0.269 e. The first-order chi connectivity index (χ1) is 13.5. The number of nitriles is 1. The second-order valence-corrected chi connectivity index (χ2v) is 7.30. The molecule has 0 aliphatic carbocycles. The van der Waals surface area contributed by atoms with Crippen molar-refractivity contribution >= 4 is 35.0 Å². The monoisotopic (exact) mass is 393 g/mol. The lowest BCUT2D eigenvalue weighted by molar-refractivity contribution is -0.116. The summed E-state index contributed by atoms with van der Waals surface area (Å²) in [5, 5.41) is 12.3. The largest absolute Gasteiger partial charge is 0.494 e. The standard InChI is InChI=1S/C21H19N3O3S/c1-3-27-17-11-9-16(10-12-17)24-20(26)14(2)28-21(24)18(13-22)19(25)23-15-7-5-4-6-8-15/h4-12,14H,3H2,1-2H3,(H,23,25)/b21-18-. The molecule has 2 aromatic rings. The minimum Gasteiger partial charge on any atom is -0.494 e. The molecule has 6 nitrogen and oxygen atoms in total. The molecule has 1 N–H and O–H groups in total. The van der Waals surface area contributed by atoms with Gasteiger partial charge in [0.2, 0.25) is 5.91 Å². The number of carbonyl (C=O) groups is 2. The number of nitrogens with zero attached hydrogens (tertiary/aromatic N) is 2. The van der Waals surface area contributed by atoms with E-state index in [4.69, 9.17) is 4.74 Å². The molecule has 0 radical (unpaired) electrons. The van der Waals surface area contributed by atoms with Crippen LogP contribution in [-0.4, -0.2) is 23.7 Å². The van der Waals surface area contributed by atoms with E-state index in [9.17, 15) is 14.9 Å². The molecule has 7 heteroatoms. The predicted octanol–water partition coefficient (Wildman–Crippen LogP) is 3.93. The SMILES string of the molecule is CCOc1ccc(N2C(=O)C(C)S/C2=C(/C#N)C(=O)Nc2ccccc2)cc1. The number of para-hydroxylation sites is 1. The number of benzene rings is 2. The third kappa shape index (κ3) is 4.02. The van der Waals surface area contributed by atoms with Crippen LogP contribution in [-0.2, 0) is 9.59 Å². The molecule has 142 valence electrons. The fourth-order valence-corrected chi connectivity index (χ4v) is 3.83. The van der Waals surface area contributed by atoms with Crippen molar-refractivity contribution in [2.24, 2.45) is 0 Å². The zero-order valence-electron chi connectivity index (χ0n) is 15.5. The Kier molecular flexibility index (Phi) is 6.02. The summed E-state index contributed by atoms with van der Waals surface area (Å²) in [5.41, 5.74) is 1.07. The van der Waals surface area contributed by atoms with E-state index >= 15 is 0 Å². The zero-order valence-corrected chi connectivity index (χ0v) is 16.3. The van der Waals surface area contributed by atoms with Gasteiger partial charge in [0, 0.05) is 11.4 Å². The van der Waals surface area contributed by atoms with Crippen molar-refractivity contribution < 1.29 is 14.3 Å². The molecule has 1 saturated heterocycles. The van der Waals surface area contributed by atoms with Gasteiger partial charge in [0.05, 0.1) is 11.9 Å². The first-order valence-electron chi connectivity index (χ1n) is 8.79. The third-order valence-electron chi connectivity index (χ3n) is 4.05. The van der Waals surface area contributed by atoms with E-state index in [1.807, 2.05) is 19.1 Å². The van der Waals surface area contributed by atoms with E-state index in [2.05, 4.69) is 5.32 Å². The first-order valence-corrected chi connectivity index (χ1v) is 9.67. The number of anilines is 2. The average molecular weight is 393 g/mol. The van der Waals surface area contributed by atoms with Gasteiger partial charge in [-0.2, -0.15) is 5.26 Å². The third-order valence-corrected chi connectivity index (χ3v) is 5.22. The number of hydrogen-bond acceptors (Lipinski definition) is 5. The van der Waals surface area contributed by atoms with Crippen LogP contribution in [0.25, 0.3) is 0 Å². The average Bonchev–Trinajstić information content (AvgIpc) is 2.98. The second kappa shape index (κ2) is 8.63. The summed E-state index contributed by atoms with van der Waals surface area (Å²) in [7, 11) is 0. The van der Waals surface area contributed by atoms with Crippen molar-refractivity contribution in [3.05, 3.63) is 65.2 Å². The maximum atomic E-state index is 12.7. The highest BCUT2D eigenvalue weighted by molar-refractivity contribution is 8.05. The van der Waals surface area contributed by atoms with Gasteiger partial charge in [0.1, 0.15) is 22.4 Å². The second-order valence-electron chi connectivity index (χ2n) is 5.97. The summed E-state index contributed by atoms with van der Waals surface area (Å²) in [4.78, 5) is 26.8. The van der Waals surface area contributed by atoms with Crippen molar-refractivity contribution in [1.29, 1.82) is 5.26 Å². The Labute approximate surface area is 167 Å². The van der Waals surface area contributed by atoms with Gasteiger partial charge in [0.15, 0.2) is 0 Å². The lowest BCUT2D eigenvalue weighted by Gasteiger charge is -2.19. The van der Waals surface area contributed by atoms with Crippen LogP contribution in [0.2, 0.25) is 0 Å². The maximum absolute atomic E-state index is 12.7. The summed E-state index contributed by atoms with van der Waals surface area (Å²) in [5.74, 6) is -0.0371. The van der Waals surface area contributed by atoms with Gasteiger partial charge in [-0.3, -0.25) is 14.5 Å². The van der Waals surface area contributed by atoms with Gasteiger partial charge in [0.25, 0.3) is 5.91 Å².